The summed E-state index contributed by atoms with van der Waals surface area (Å²) in [5.41, 5.74) is 1.23. The fourth-order valence-corrected chi connectivity index (χ4v) is 7.58. The van der Waals surface area contributed by atoms with Gasteiger partial charge in [-0.15, -0.1) is 0 Å². The first-order chi connectivity index (χ1) is 21.6. The Morgan fingerprint density at radius 1 is 0.844 bits per heavy atom. The second-order valence-corrected chi connectivity index (χ2v) is 12.7. The number of allylic oxidation sites excluding steroid dienone is 4. The zero-order chi connectivity index (χ0) is 32.7. The molecule has 10 nitrogen and oxygen atoms in total. The van der Waals surface area contributed by atoms with Crippen LogP contribution in [0.3, 0.4) is 0 Å². The molecule has 4 heterocycles. The number of esters is 3. The van der Waals surface area contributed by atoms with E-state index in [1.165, 1.54) is 14.2 Å². The quantitative estimate of drug-likeness (QED) is 0.216. The minimum Gasteiger partial charge on any atom is -0.469 e. The number of halogens is 1. The van der Waals surface area contributed by atoms with E-state index in [1.54, 1.807) is 30.3 Å². The number of rotatable bonds is 5. The average molecular weight is 657 g/mol. The number of carbonyl (C=O) groups is 4. The molecule has 1 aromatic rings. The van der Waals surface area contributed by atoms with Gasteiger partial charge in [0, 0.05) is 36.2 Å². The van der Waals surface area contributed by atoms with E-state index in [9.17, 15) is 24.3 Å². The van der Waals surface area contributed by atoms with Gasteiger partial charge >= 0.3 is 17.9 Å². The summed E-state index contributed by atoms with van der Waals surface area (Å²) in [4.78, 5) is 50.9. The predicted octanol–water partition coefficient (Wildman–Crippen LogP) is 3.90. The third-order valence-electron chi connectivity index (χ3n) is 9.93. The summed E-state index contributed by atoms with van der Waals surface area (Å²) in [6.45, 7) is 0. The molecule has 6 rings (SSSR count). The van der Waals surface area contributed by atoms with E-state index in [-0.39, 0.29) is 41.2 Å². The summed E-state index contributed by atoms with van der Waals surface area (Å²) in [5, 5.41) is 9.52. The molecular formula is C34H45ClN2O8. The van der Waals surface area contributed by atoms with Crippen molar-refractivity contribution in [2.75, 3.05) is 28.3 Å². The molecule has 4 unspecified atom stereocenters. The number of fused-ring (bicyclic) bond motifs is 4. The molecule has 4 fully saturated rings. The Morgan fingerprint density at radius 2 is 1.42 bits per heavy atom. The minimum absolute atomic E-state index is 0.0970. The Hall–Kier alpha value is -3.05. The number of hydrogen-bond acceptors (Lipinski definition) is 10. The Bertz CT molecular complexity index is 1270. The zero-order valence-electron chi connectivity index (χ0n) is 26.5. The van der Waals surface area contributed by atoms with E-state index >= 15 is 0 Å². The summed E-state index contributed by atoms with van der Waals surface area (Å²) < 4.78 is 15.4. The summed E-state index contributed by atoms with van der Waals surface area (Å²) in [6, 6.07) is 9.99. The molecule has 0 radical (unpaired) electrons. The minimum atomic E-state index is -0.517. The van der Waals surface area contributed by atoms with Crippen molar-refractivity contribution < 1.29 is 38.5 Å². The van der Waals surface area contributed by atoms with Crippen LogP contribution in [-0.2, 0) is 28.6 Å². The van der Waals surface area contributed by atoms with Gasteiger partial charge in [-0.1, -0.05) is 36.4 Å². The molecule has 4 bridgehead atoms. The molecule has 0 spiro atoms. The number of benzene rings is 1. The molecule has 1 aliphatic carbocycles. The van der Waals surface area contributed by atoms with Crippen molar-refractivity contribution in [3.8, 4) is 0 Å². The molecule has 5 aliphatic rings. The Kier molecular flexibility index (Phi) is 12.4. The average Bonchev–Trinajstić information content (AvgIpc) is 3.43. The van der Waals surface area contributed by atoms with Gasteiger partial charge in [0.05, 0.1) is 31.8 Å². The number of aliphatic hydroxyl groups is 1. The zero-order valence-corrected chi connectivity index (χ0v) is 27.2. The van der Waals surface area contributed by atoms with Gasteiger partial charge in [-0.2, -0.15) is 0 Å². The van der Waals surface area contributed by atoms with Gasteiger partial charge in [-0.25, -0.2) is 4.79 Å². The SMILES string of the molecule is COC(=O)[C@@H]1C2CCC(C[C@@H]1O)N2C.COC(=O)[C@@H]1C2CCC(C[C@@H]1OC(=O)[13c]1[13cH][13cH][13cH][13cH][13cH]1)N2C.O=C(Cl)[13C]1=[13CH][13CH]=[13CH][13CH2][13CH2]1. The van der Waals surface area contributed by atoms with Crippen LogP contribution in [0.25, 0.3) is 0 Å². The van der Waals surface area contributed by atoms with Crippen LogP contribution in [0, 0.1) is 11.8 Å². The van der Waals surface area contributed by atoms with E-state index in [0.717, 1.165) is 44.1 Å². The number of piperidine rings is 2. The largest absolute Gasteiger partial charge is 0.469 e. The van der Waals surface area contributed by atoms with E-state index in [0.29, 0.717) is 30.5 Å². The highest BCUT2D eigenvalue weighted by Gasteiger charge is 2.51. The molecule has 45 heavy (non-hydrogen) atoms. The topological polar surface area (TPSA) is 123 Å². The lowest BCUT2D eigenvalue weighted by Gasteiger charge is -2.40. The Balaban J connectivity index is 0.000000171. The highest BCUT2D eigenvalue weighted by molar-refractivity contribution is 6.67. The van der Waals surface area contributed by atoms with Gasteiger partial charge < -0.3 is 19.3 Å². The van der Waals surface area contributed by atoms with Gasteiger partial charge in [0.1, 0.15) is 12.0 Å². The molecule has 11 heteroatoms. The van der Waals surface area contributed by atoms with Gasteiger partial charge in [-0.3, -0.25) is 24.2 Å². The molecule has 4 saturated heterocycles. The summed E-state index contributed by atoms with van der Waals surface area (Å²) in [7, 11) is 6.84. The normalized spacial score (nSPS) is 31.7. The van der Waals surface area contributed by atoms with Crippen LogP contribution < -0.4 is 0 Å². The predicted molar refractivity (Wildman–Crippen MR) is 168 cm³/mol. The number of carbonyl (C=O) groups excluding carboxylic acids is 4. The first kappa shape index (κ1) is 34.8. The van der Waals surface area contributed by atoms with Gasteiger partial charge in [0.25, 0.3) is 0 Å². The molecule has 8 atom stereocenters. The molecule has 0 aromatic heterocycles. The van der Waals surface area contributed by atoms with Crippen molar-refractivity contribution in [1.29, 1.82) is 0 Å². The van der Waals surface area contributed by atoms with Crippen molar-refractivity contribution in [3.63, 3.8) is 0 Å². The van der Waals surface area contributed by atoms with Crippen molar-refractivity contribution in [2.45, 2.75) is 87.7 Å². The fourth-order valence-electron chi connectivity index (χ4n) is 7.42. The summed E-state index contributed by atoms with van der Waals surface area (Å²) in [6.07, 6.45) is 11.9. The standard InChI is InChI=1S/C17H21NO4.C10H17NO3.C7H7ClO/c1-18-12-8-9-13(18)15(17(20)21-2)14(10-12)22-16(19)11-6-4-3-5-7-11;1-11-6-3-4-7(11)9(8(12)5-6)10(13)14-2;8-7(9)6-4-2-1-3-5-6/h3-7,12-15H,8-10H2,1-2H3;6-9,12H,3-5H2,1-2H3;1-2,4H,3,5H2/t12?,13?,14-,15+;6?,7?,8-,9+;/m00./s1/i3+1,4+1,5+1,6+1,7+1,11+1;;1+1,2+1,3+1,4+1,5+1,6+1. The van der Waals surface area contributed by atoms with E-state index in [2.05, 4.69) is 9.80 Å². The van der Waals surface area contributed by atoms with E-state index < -0.39 is 18.1 Å². The fraction of sp³-hybridized carbons (Fsp3) is 0.588. The lowest BCUT2D eigenvalue weighted by atomic mass is 9.87. The van der Waals surface area contributed by atoms with Gasteiger partial charge in [0.15, 0.2) is 0 Å². The number of aliphatic hydroxyl groups excluding tert-OH is 1. The third-order valence-corrected chi connectivity index (χ3v) is 10.2. The summed E-state index contributed by atoms with van der Waals surface area (Å²) >= 11 is 5.22. The second kappa shape index (κ2) is 16.0. The smallest absolute Gasteiger partial charge is 0.338 e. The van der Waals surface area contributed by atoms with Crippen LogP contribution in [0.2, 0.25) is 0 Å². The first-order valence-corrected chi connectivity index (χ1v) is 16.0. The summed E-state index contributed by atoms with van der Waals surface area (Å²) in [5.74, 6) is -1.67. The Morgan fingerprint density at radius 3 is 1.96 bits per heavy atom. The molecular weight excluding hydrogens is 612 g/mol. The monoisotopic (exact) mass is 656 g/mol. The number of methoxy groups -OCH3 is 2. The van der Waals surface area contributed by atoms with E-state index in [1.807, 2.05) is 32.3 Å². The highest BCUT2D eigenvalue weighted by Crippen LogP contribution is 2.41. The molecule has 0 saturated carbocycles. The lowest BCUT2D eigenvalue weighted by molar-refractivity contribution is -0.156. The number of ether oxygens (including phenoxy) is 3. The molecule has 1 N–H and O–H groups in total. The lowest BCUT2D eigenvalue weighted by Crippen LogP contribution is -2.53. The molecule has 246 valence electrons. The second-order valence-electron chi connectivity index (χ2n) is 12.3. The van der Waals surface area contributed by atoms with Crippen molar-refractivity contribution in [1.82, 2.24) is 9.80 Å². The Labute approximate surface area is 270 Å². The van der Waals surface area contributed by atoms with Crippen LogP contribution in [0.15, 0.2) is 54.1 Å². The first-order valence-electron chi connectivity index (χ1n) is 15.7. The van der Waals surface area contributed by atoms with Gasteiger partial charge in [0.2, 0.25) is 5.24 Å². The van der Waals surface area contributed by atoms with Crippen LogP contribution >= 0.6 is 11.6 Å². The van der Waals surface area contributed by atoms with Crippen LogP contribution in [-0.4, -0.2) is 103 Å². The van der Waals surface area contributed by atoms with Crippen LogP contribution in [0.5, 0.6) is 0 Å². The number of nitrogens with zero attached hydrogens (tertiary/aromatic N) is 2. The molecule has 4 aliphatic heterocycles. The van der Waals surface area contributed by atoms with Gasteiger partial charge in [-0.05, 0) is 82.8 Å². The van der Waals surface area contributed by atoms with Crippen molar-refractivity contribution in [3.05, 3.63) is 59.7 Å². The molecule has 1 aromatic carbocycles. The van der Waals surface area contributed by atoms with E-state index in [4.69, 9.17) is 25.8 Å². The maximum atomic E-state index is 12.3. The van der Waals surface area contributed by atoms with Crippen molar-refractivity contribution in [2.24, 2.45) is 11.8 Å². The highest BCUT2D eigenvalue weighted by atomic mass is 35.5. The third kappa shape index (κ3) is 8.22. The molecule has 0 amide bonds. The van der Waals surface area contributed by atoms with Crippen LogP contribution in [0.4, 0.5) is 0 Å². The van der Waals surface area contributed by atoms with Crippen LogP contribution in [0.1, 0.15) is 61.7 Å². The maximum Gasteiger partial charge on any atom is 0.338 e. The maximum absolute atomic E-state index is 12.3. The number of hydrogen-bond donors (Lipinski definition) is 1. The van der Waals surface area contributed by atoms with Crippen molar-refractivity contribution >= 4 is 34.8 Å².